The Labute approximate surface area is 111 Å². The van der Waals surface area contributed by atoms with Gasteiger partial charge in [-0.3, -0.25) is 0 Å². The first-order valence-electron chi connectivity index (χ1n) is 7.70. The van der Waals surface area contributed by atoms with Gasteiger partial charge in [0.1, 0.15) is 0 Å². The molecular weight excluding hydrogens is 218 g/mol. The molecule has 0 radical (unpaired) electrons. The van der Waals surface area contributed by atoms with Crippen LogP contribution in [0.5, 0.6) is 0 Å². The van der Waals surface area contributed by atoms with E-state index in [0.29, 0.717) is 12.0 Å². The number of hydrogen-bond acceptors (Lipinski definition) is 1. The van der Waals surface area contributed by atoms with Gasteiger partial charge >= 0.3 is 0 Å². The third-order valence-electron chi connectivity index (χ3n) is 5.01. The van der Waals surface area contributed by atoms with Crippen LogP contribution in [-0.4, -0.2) is 6.04 Å². The molecule has 0 heterocycles. The van der Waals surface area contributed by atoms with E-state index < -0.39 is 0 Å². The van der Waals surface area contributed by atoms with Gasteiger partial charge in [-0.15, -0.1) is 0 Å². The molecule has 1 heteroatoms. The van der Waals surface area contributed by atoms with E-state index >= 15 is 0 Å². The second-order valence-corrected chi connectivity index (χ2v) is 6.17. The van der Waals surface area contributed by atoms with Gasteiger partial charge in [-0.25, -0.2) is 0 Å². The van der Waals surface area contributed by atoms with Crippen molar-refractivity contribution in [2.75, 3.05) is 0 Å². The summed E-state index contributed by atoms with van der Waals surface area (Å²) in [4.78, 5) is 0. The summed E-state index contributed by atoms with van der Waals surface area (Å²) in [6.45, 7) is 0. The Balaban J connectivity index is 1.89. The van der Waals surface area contributed by atoms with Crippen molar-refractivity contribution >= 4 is 0 Å². The summed E-state index contributed by atoms with van der Waals surface area (Å²) in [6.07, 6.45) is 10.7. The molecule has 2 N–H and O–H groups in total. The first kappa shape index (κ1) is 12.2. The lowest BCUT2D eigenvalue weighted by atomic mass is 9.74. The summed E-state index contributed by atoms with van der Waals surface area (Å²) in [5.74, 6) is 1.45. The molecule has 2 unspecified atom stereocenters. The highest BCUT2D eigenvalue weighted by atomic mass is 14.7. The fourth-order valence-electron chi connectivity index (χ4n) is 3.66. The van der Waals surface area contributed by atoms with Gasteiger partial charge < -0.3 is 5.73 Å². The van der Waals surface area contributed by atoms with Crippen molar-refractivity contribution in [1.82, 2.24) is 0 Å². The summed E-state index contributed by atoms with van der Waals surface area (Å²) < 4.78 is 0. The smallest absolute Gasteiger partial charge is 0.0108 e. The lowest BCUT2D eigenvalue weighted by molar-refractivity contribution is 0.409. The van der Waals surface area contributed by atoms with Gasteiger partial charge in [0.15, 0.2) is 0 Å². The van der Waals surface area contributed by atoms with E-state index in [-0.39, 0.29) is 0 Å². The van der Waals surface area contributed by atoms with Crippen molar-refractivity contribution < 1.29 is 0 Å². The molecule has 0 bridgehead atoms. The van der Waals surface area contributed by atoms with Gasteiger partial charge in [-0.05, 0) is 48.6 Å². The summed E-state index contributed by atoms with van der Waals surface area (Å²) >= 11 is 0. The molecule has 0 saturated heterocycles. The zero-order valence-electron chi connectivity index (χ0n) is 11.3. The maximum absolute atomic E-state index is 6.44. The third-order valence-corrected chi connectivity index (χ3v) is 5.01. The van der Waals surface area contributed by atoms with E-state index in [4.69, 9.17) is 5.73 Å². The van der Waals surface area contributed by atoms with Crippen LogP contribution >= 0.6 is 0 Å². The van der Waals surface area contributed by atoms with Crippen molar-refractivity contribution in [2.45, 2.75) is 69.2 Å². The van der Waals surface area contributed by atoms with Crippen LogP contribution in [0.2, 0.25) is 0 Å². The predicted molar refractivity (Wildman–Crippen MR) is 76.8 cm³/mol. The Morgan fingerprint density at radius 2 is 1.50 bits per heavy atom. The fraction of sp³-hybridized carbons (Fsp3) is 0.647. The largest absolute Gasteiger partial charge is 0.327 e. The molecule has 0 aromatic heterocycles. The molecule has 98 valence electrons. The minimum Gasteiger partial charge on any atom is -0.327 e. The van der Waals surface area contributed by atoms with E-state index in [2.05, 4.69) is 24.3 Å². The topological polar surface area (TPSA) is 26.0 Å². The molecule has 18 heavy (non-hydrogen) atoms. The zero-order chi connectivity index (χ0) is 12.4. The van der Waals surface area contributed by atoms with Crippen LogP contribution in [-0.2, 0) is 0 Å². The van der Waals surface area contributed by atoms with Gasteiger partial charge in [0, 0.05) is 6.04 Å². The van der Waals surface area contributed by atoms with Crippen molar-refractivity contribution in [3.05, 3.63) is 35.4 Å². The molecule has 1 aromatic rings. The van der Waals surface area contributed by atoms with Crippen molar-refractivity contribution in [3.8, 4) is 0 Å². The number of benzene rings is 1. The average molecular weight is 243 g/mol. The summed E-state index contributed by atoms with van der Waals surface area (Å²) in [5.41, 5.74) is 9.64. The molecular formula is C17H25N. The number of hydrogen-bond donors (Lipinski definition) is 1. The van der Waals surface area contributed by atoms with Crippen molar-refractivity contribution in [3.63, 3.8) is 0 Å². The average Bonchev–Trinajstić information content (AvgIpc) is 2.53. The fourth-order valence-corrected chi connectivity index (χ4v) is 3.66. The number of nitrogens with two attached hydrogens (primary N) is 1. The quantitative estimate of drug-likeness (QED) is 0.769. The highest BCUT2D eigenvalue weighted by molar-refractivity contribution is 5.35. The monoisotopic (exact) mass is 243 g/mol. The lowest BCUT2D eigenvalue weighted by Gasteiger charge is -2.32. The molecule has 2 atom stereocenters. The normalized spacial score (nSPS) is 29.6. The molecule has 3 rings (SSSR count). The van der Waals surface area contributed by atoms with E-state index in [1.807, 2.05) is 0 Å². The molecule has 0 amide bonds. The summed E-state index contributed by atoms with van der Waals surface area (Å²) in [6, 6.07) is 9.50. The molecule has 2 aliphatic carbocycles. The second kappa shape index (κ2) is 5.44. The molecule has 1 aromatic carbocycles. The minimum absolute atomic E-state index is 0.383. The van der Waals surface area contributed by atoms with Gasteiger partial charge in [0.2, 0.25) is 0 Å². The molecule has 0 spiro atoms. The van der Waals surface area contributed by atoms with Crippen LogP contribution < -0.4 is 5.73 Å². The van der Waals surface area contributed by atoms with Crippen LogP contribution in [0.25, 0.3) is 0 Å². The Hall–Kier alpha value is -0.820. The Bertz CT molecular complexity index is 394. The Morgan fingerprint density at radius 1 is 0.778 bits per heavy atom. The SMILES string of the molecule is NC1CCCCCC1c1ccccc1C1CCC1. The van der Waals surface area contributed by atoms with Crippen LogP contribution in [0.1, 0.15) is 74.3 Å². The van der Waals surface area contributed by atoms with E-state index in [1.165, 1.54) is 51.4 Å². The standard InChI is InChI=1S/C17H25N/c18-17-12-3-1-2-11-16(17)15-10-5-4-9-14(15)13-7-6-8-13/h4-5,9-10,13,16-17H,1-3,6-8,11-12,18H2. The molecule has 2 saturated carbocycles. The zero-order valence-corrected chi connectivity index (χ0v) is 11.3. The van der Waals surface area contributed by atoms with Gasteiger partial charge in [-0.2, -0.15) is 0 Å². The van der Waals surface area contributed by atoms with E-state index in [9.17, 15) is 0 Å². The van der Waals surface area contributed by atoms with Gasteiger partial charge in [0.05, 0.1) is 0 Å². The number of rotatable bonds is 2. The van der Waals surface area contributed by atoms with E-state index in [0.717, 1.165) is 5.92 Å². The minimum atomic E-state index is 0.383. The molecule has 2 aliphatic rings. The molecule has 0 aliphatic heterocycles. The van der Waals surface area contributed by atoms with Crippen molar-refractivity contribution in [1.29, 1.82) is 0 Å². The molecule has 1 nitrogen and oxygen atoms in total. The maximum atomic E-state index is 6.44. The van der Waals surface area contributed by atoms with Gasteiger partial charge in [-0.1, -0.05) is 49.9 Å². The van der Waals surface area contributed by atoms with Crippen LogP contribution in [0.3, 0.4) is 0 Å². The highest BCUT2D eigenvalue weighted by Crippen LogP contribution is 2.42. The Kier molecular flexibility index (Phi) is 3.69. The van der Waals surface area contributed by atoms with Gasteiger partial charge in [0.25, 0.3) is 0 Å². The molecule has 2 fully saturated rings. The third kappa shape index (κ3) is 2.33. The van der Waals surface area contributed by atoms with Crippen LogP contribution in [0, 0.1) is 0 Å². The maximum Gasteiger partial charge on any atom is 0.0108 e. The van der Waals surface area contributed by atoms with Crippen molar-refractivity contribution in [2.24, 2.45) is 5.73 Å². The lowest BCUT2D eigenvalue weighted by Crippen LogP contribution is -2.28. The Morgan fingerprint density at radius 3 is 2.22 bits per heavy atom. The first-order valence-corrected chi connectivity index (χ1v) is 7.70. The van der Waals surface area contributed by atoms with Crippen LogP contribution in [0.4, 0.5) is 0 Å². The predicted octanol–water partition coefficient (Wildman–Crippen LogP) is 4.33. The summed E-state index contributed by atoms with van der Waals surface area (Å²) in [7, 11) is 0. The second-order valence-electron chi connectivity index (χ2n) is 6.17. The van der Waals surface area contributed by atoms with E-state index in [1.54, 1.807) is 11.1 Å². The first-order chi connectivity index (χ1) is 8.86. The van der Waals surface area contributed by atoms with Crippen LogP contribution in [0.15, 0.2) is 24.3 Å². The highest BCUT2D eigenvalue weighted by Gasteiger charge is 2.28. The summed E-state index contributed by atoms with van der Waals surface area (Å²) in [5, 5.41) is 0.